The van der Waals surface area contributed by atoms with Crippen molar-refractivity contribution in [3.8, 4) is 11.1 Å². The highest BCUT2D eigenvalue weighted by atomic mass is 32.2. The Bertz CT molecular complexity index is 1740. The number of unbranched alkanes of at least 4 members (excludes halogenated alkanes) is 1. The Kier molecular flexibility index (Phi) is 13.5. The summed E-state index contributed by atoms with van der Waals surface area (Å²) in [6.45, 7) is 6.04. The third-order valence-corrected chi connectivity index (χ3v) is 12.1. The molecule has 0 heterocycles. The number of alkyl carbamates (subject to hydrolysis) is 1. The second-order valence-electron chi connectivity index (χ2n) is 14.7. The van der Waals surface area contributed by atoms with E-state index in [0.29, 0.717) is 25.2 Å². The molecule has 2 aliphatic rings. The lowest BCUT2D eigenvalue weighted by Gasteiger charge is -2.30. The maximum atomic E-state index is 13.6. The Morgan fingerprint density at radius 3 is 2.10 bits per heavy atom. The van der Waals surface area contributed by atoms with Crippen LogP contribution in [0.15, 0.2) is 77.7 Å². The molecule has 2 atom stereocenters. The van der Waals surface area contributed by atoms with E-state index in [4.69, 9.17) is 4.74 Å². The number of carboxylic acids is 1. The fourth-order valence-electron chi connectivity index (χ4n) is 7.56. The van der Waals surface area contributed by atoms with Crippen molar-refractivity contribution in [3.05, 3.63) is 89.5 Å². The maximum Gasteiger partial charge on any atom is 0.407 e. The van der Waals surface area contributed by atoms with E-state index in [1.807, 2.05) is 45.0 Å². The highest BCUT2D eigenvalue weighted by Gasteiger charge is 2.36. The number of amides is 2. The molecule has 3 aromatic rings. The van der Waals surface area contributed by atoms with Crippen LogP contribution in [0.3, 0.4) is 0 Å². The summed E-state index contributed by atoms with van der Waals surface area (Å²) in [5, 5.41) is 15.9. The maximum absolute atomic E-state index is 13.6. The predicted molar refractivity (Wildman–Crippen MR) is 201 cm³/mol. The molecule has 10 nitrogen and oxygen atoms in total. The molecule has 52 heavy (non-hydrogen) atoms. The molecule has 2 aliphatic carbocycles. The molecular weight excluding hydrogens is 679 g/mol. The molecule has 3 aromatic carbocycles. The molecule has 1 fully saturated rings. The molecule has 0 bridgehead atoms. The lowest BCUT2D eigenvalue weighted by Crippen LogP contribution is -2.48. The summed E-state index contributed by atoms with van der Waals surface area (Å²) in [6, 6.07) is 20.6. The van der Waals surface area contributed by atoms with Gasteiger partial charge in [-0.2, -0.15) is 4.31 Å². The van der Waals surface area contributed by atoms with Crippen molar-refractivity contribution in [1.29, 1.82) is 0 Å². The predicted octanol–water partition coefficient (Wildman–Crippen LogP) is 7.26. The normalized spacial score (nSPS) is 15.9. The average Bonchev–Trinajstić information content (AvgIpc) is 3.45. The first kappa shape index (κ1) is 39.0. The van der Waals surface area contributed by atoms with Gasteiger partial charge in [0.25, 0.3) is 0 Å². The number of hydrogen-bond acceptors (Lipinski definition) is 6. The standard InChI is InChI=1S/C41H53N3O7S/c1-28(2)26-44(52(49,50)31-22-20-29(3)21-23-31)38(40(46)47)19-11-12-24-42-39(45)37(25-30-13-5-4-6-14-30)43-41(48)51-27-36-34-17-9-7-15-32(34)33-16-8-10-18-35(33)36/h7-10,15-18,20-23,28,30,36-38H,4-6,11-14,19,24-27H2,1-3H3,(H,42,45)(H,43,48)(H,46,47)/t37-,38-/m0/s1. The number of carboxylic acid groups (broad SMARTS) is 1. The summed E-state index contributed by atoms with van der Waals surface area (Å²) in [5.74, 6) is -1.39. The number of carbonyl (C=O) groups excluding carboxylic acids is 2. The van der Waals surface area contributed by atoms with Crippen LogP contribution in [0.4, 0.5) is 4.79 Å². The van der Waals surface area contributed by atoms with E-state index in [0.717, 1.165) is 57.8 Å². The van der Waals surface area contributed by atoms with Crippen molar-refractivity contribution in [2.24, 2.45) is 11.8 Å². The minimum atomic E-state index is -4.06. The largest absolute Gasteiger partial charge is 0.480 e. The Hall–Kier alpha value is -4.22. The average molecular weight is 732 g/mol. The highest BCUT2D eigenvalue weighted by molar-refractivity contribution is 7.89. The third-order valence-electron chi connectivity index (χ3n) is 10.3. The molecular formula is C41H53N3O7S. The van der Waals surface area contributed by atoms with Crippen LogP contribution in [-0.2, 0) is 24.3 Å². The van der Waals surface area contributed by atoms with Crippen LogP contribution in [0, 0.1) is 18.8 Å². The number of hydrogen-bond donors (Lipinski definition) is 3. The van der Waals surface area contributed by atoms with Gasteiger partial charge in [-0.15, -0.1) is 0 Å². The minimum Gasteiger partial charge on any atom is -0.480 e. The Balaban J connectivity index is 1.17. The molecule has 1 saturated carbocycles. The van der Waals surface area contributed by atoms with Crippen molar-refractivity contribution >= 4 is 28.0 Å². The fraction of sp³-hybridized carbons (Fsp3) is 0.488. The van der Waals surface area contributed by atoms with Gasteiger partial charge in [-0.1, -0.05) is 112 Å². The number of benzene rings is 3. The monoisotopic (exact) mass is 731 g/mol. The van der Waals surface area contributed by atoms with Crippen LogP contribution in [0.5, 0.6) is 0 Å². The molecule has 0 saturated heterocycles. The number of sulfonamides is 1. The lowest BCUT2D eigenvalue weighted by molar-refractivity contribution is -0.142. The fourth-order valence-corrected chi connectivity index (χ4v) is 9.33. The van der Waals surface area contributed by atoms with E-state index in [2.05, 4.69) is 34.9 Å². The molecule has 3 N–H and O–H groups in total. The Morgan fingerprint density at radius 1 is 0.885 bits per heavy atom. The molecule has 2 amide bonds. The van der Waals surface area contributed by atoms with Crippen LogP contribution in [0.1, 0.15) is 94.2 Å². The number of ether oxygens (including phenoxy) is 1. The van der Waals surface area contributed by atoms with Crippen molar-refractivity contribution in [1.82, 2.24) is 14.9 Å². The topological polar surface area (TPSA) is 142 Å². The number of nitrogens with zero attached hydrogens (tertiary/aromatic N) is 1. The Labute approximate surface area is 308 Å². The number of rotatable bonds is 17. The van der Waals surface area contributed by atoms with Crippen molar-refractivity contribution in [2.45, 2.75) is 101 Å². The first-order chi connectivity index (χ1) is 25.0. The summed E-state index contributed by atoms with van der Waals surface area (Å²) in [4.78, 5) is 39.2. The molecule has 11 heteroatoms. The molecule has 0 aromatic heterocycles. The van der Waals surface area contributed by atoms with E-state index >= 15 is 0 Å². The van der Waals surface area contributed by atoms with Gasteiger partial charge in [-0.3, -0.25) is 9.59 Å². The number of aliphatic carboxylic acids is 1. The second kappa shape index (κ2) is 18.0. The van der Waals surface area contributed by atoms with E-state index in [1.165, 1.54) is 18.6 Å². The van der Waals surface area contributed by atoms with Gasteiger partial charge in [0.2, 0.25) is 15.9 Å². The minimum absolute atomic E-state index is 0.0603. The second-order valence-corrected chi connectivity index (χ2v) is 16.6. The van der Waals surface area contributed by atoms with Crippen molar-refractivity contribution in [2.75, 3.05) is 19.7 Å². The van der Waals surface area contributed by atoms with Gasteiger partial charge in [-0.25, -0.2) is 13.2 Å². The SMILES string of the molecule is Cc1ccc(S(=O)(=O)N(CC(C)C)[C@@H](CCCCNC(=O)[C@H](CC2CCCCC2)NC(=O)OCC2c3ccccc3-c3ccccc32)C(=O)O)cc1. The van der Waals surface area contributed by atoms with Crippen molar-refractivity contribution < 1.29 is 32.6 Å². The summed E-state index contributed by atoms with van der Waals surface area (Å²) in [6.07, 6.45) is 6.16. The van der Waals surface area contributed by atoms with Crippen LogP contribution < -0.4 is 10.6 Å². The molecule has 0 spiro atoms. The van der Waals surface area contributed by atoms with Gasteiger partial charge in [-0.05, 0) is 78.8 Å². The third kappa shape index (κ3) is 9.80. The summed E-state index contributed by atoms with van der Waals surface area (Å²) >= 11 is 0. The molecule has 5 rings (SSSR count). The Morgan fingerprint density at radius 2 is 1.50 bits per heavy atom. The summed E-state index contributed by atoms with van der Waals surface area (Å²) < 4.78 is 34.1. The quantitative estimate of drug-likeness (QED) is 0.124. The lowest BCUT2D eigenvalue weighted by atomic mass is 9.84. The van der Waals surface area contributed by atoms with E-state index < -0.39 is 34.2 Å². The van der Waals surface area contributed by atoms with Gasteiger partial charge >= 0.3 is 12.1 Å². The number of carbonyl (C=O) groups is 3. The zero-order valence-corrected chi connectivity index (χ0v) is 31.4. The molecule has 0 radical (unpaired) electrons. The van der Waals surface area contributed by atoms with Gasteiger partial charge in [0, 0.05) is 19.0 Å². The van der Waals surface area contributed by atoms with Crippen LogP contribution >= 0.6 is 0 Å². The first-order valence-corrected chi connectivity index (χ1v) is 20.1. The van der Waals surface area contributed by atoms with Crippen LogP contribution in [0.2, 0.25) is 0 Å². The first-order valence-electron chi connectivity index (χ1n) is 18.7. The molecule has 0 unspecified atom stereocenters. The summed E-state index contributed by atoms with van der Waals surface area (Å²) in [5.41, 5.74) is 5.39. The molecule has 0 aliphatic heterocycles. The number of nitrogens with one attached hydrogen (secondary N) is 2. The zero-order chi connectivity index (χ0) is 37.3. The highest BCUT2D eigenvalue weighted by Crippen LogP contribution is 2.44. The van der Waals surface area contributed by atoms with Gasteiger partial charge in [0.15, 0.2) is 0 Å². The van der Waals surface area contributed by atoms with Gasteiger partial charge in [0.1, 0.15) is 18.7 Å². The zero-order valence-electron chi connectivity index (χ0n) is 30.6. The van der Waals surface area contributed by atoms with Gasteiger partial charge in [0.05, 0.1) is 4.90 Å². The van der Waals surface area contributed by atoms with E-state index in [9.17, 15) is 27.9 Å². The van der Waals surface area contributed by atoms with E-state index in [-0.39, 0.29) is 48.8 Å². The van der Waals surface area contributed by atoms with Crippen LogP contribution in [-0.4, -0.2) is 67.6 Å². The van der Waals surface area contributed by atoms with Crippen molar-refractivity contribution in [3.63, 3.8) is 0 Å². The smallest absolute Gasteiger partial charge is 0.407 e. The number of fused-ring (bicyclic) bond motifs is 3. The molecule has 280 valence electrons. The van der Waals surface area contributed by atoms with Gasteiger partial charge < -0.3 is 20.5 Å². The van der Waals surface area contributed by atoms with E-state index in [1.54, 1.807) is 12.1 Å². The van der Waals surface area contributed by atoms with Crippen LogP contribution in [0.25, 0.3) is 11.1 Å². The summed E-state index contributed by atoms with van der Waals surface area (Å²) in [7, 11) is -4.06. The number of aryl methyl sites for hydroxylation is 1.